The van der Waals surface area contributed by atoms with Crippen molar-refractivity contribution in [3.63, 3.8) is 0 Å². The van der Waals surface area contributed by atoms with Crippen LogP contribution in [0.25, 0.3) is 17.2 Å². The maximum atomic E-state index is 13.3. The van der Waals surface area contributed by atoms with Gasteiger partial charge in [-0.2, -0.15) is 0 Å². The number of ether oxygens (including phenoxy) is 4. The molecule has 8 heteroatoms. The van der Waals surface area contributed by atoms with Gasteiger partial charge in [0, 0.05) is 12.1 Å². The standard InChI is InChI=1S/C36H36N2O5S/c1-4-41-33-18-11-25(23-34(33)42-5-2)19-20-38-35(39)31(37-36(38)44)22-26-12-17-32(40-3)29(21-26)24-43-30-15-13-28(14-16-30)27-9-7-6-8-10-27/h6-18,21-23H,4-5,19-20,24H2,1-3H3,(H,37,44)/b31-22+. The predicted molar refractivity (Wildman–Crippen MR) is 177 cm³/mol. The molecule has 1 aliphatic rings. The van der Waals surface area contributed by atoms with Gasteiger partial charge in [-0.3, -0.25) is 9.69 Å². The first-order valence-electron chi connectivity index (χ1n) is 14.7. The first kappa shape index (κ1) is 30.6. The van der Waals surface area contributed by atoms with E-state index in [9.17, 15) is 4.79 Å². The van der Waals surface area contributed by atoms with E-state index in [1.54, 1.807) is 18.1 Å². The van der Waals surface area contributed by atoms with Crippen molar-refractivity contribution in [1.29, 1.82) is 0 Å². The third-order valence-corrected chi connectivity index (χ3v) is 7.49. The lowest BCUT2D eigenvalue weighted by Gasteiger charge is -2.16. The highest BCUT2D eigenvalue weighted by atomic mass is 32.1. The van der Waals surface area contributed by atoms with Crippen molar-refractivity contribution in [3.05, 3.63) is 113 Å². The average molecular weight is 609 g/mol. The number of nitrogens with zero attached hydrogens (tertiary/aromatic N) is 1. The second-order valence-corrected chi connectivity index (χ2v) is 10.5. The summed E-state index contributed by atoms with van der Waals surface area (Å²) in [5.74, 6) is 2.70. The number of thiocarbonyl (C=S) groups is 1. The van der Waals surface area contributed by atoms with Crippen LogP contribution in [0.4, 0.5) is 0 Å². The zero-order chi connectivity index (χ0) is 30.9. The number of hydrogen-bond donors (Lipinski definition) is 1. The SMILES string of the molecule is CCOc1ccc(CCN2C(=O)/C(=C\c3ccc(OC)c(COc4ccc(-c5ccccc5)cc4)c3)NC2=S)cc1OCC. The fourth-order valence-electron chi connectivity index (χ4n) is 4.97. The Morgan fingerprint density at radius 3 is 2.23 bits per heavy atom. The molecule has 1 fully saturated rings. The van der Waals surface area contributed by atoms with E-state index in [0.717, 1.165) is 33.6 Å². The minimum Gasteiger partial charge on any atom is -0.496 e. The molecule has 7 nitrogen and oxygen atoms in total. The lowest BCUT2D eigenvalue weighted by molar-refractivity contribution is -0.122. The van der Waals surface area contributed by atoms with E-state index in [1.165, 1.54) is 0 Å². The molecule has 4 aromatic rings. The Morgan fingerprint density at radius 1 is 0.795 bits per heavy atom. The van der Waals surface area contributed by atoms with Crippen molar-refractivity contribution in [1.82, 2.24) is 10.2 Å². The van der Waals surface area contributed by atoms with E-state index in [1.807, 2.05) is 92.7 Å². The van der Waals surface area contributed by atoms with E-state index in [4.69, 9.17) is 31.2 Å². The van der Waals surface area contributed by atoms with Gasteiger partial charge in [0.2, 0.25) is 0 Å². The molecule has 226 valence electrons. The van der Waals surface area contributed by atoms with Gasteiger partial charge < -0.3 is 24.3 Å². The monoisotopic (exact) mass is 608 g/mol. The van der Waals surface area contributed by atoms with Gasteiger partial charge in [-0.15, -0.1) is 0 Å². The van der Waals surface area contributed by atoms with Gasteiger partial charge in [-0.05, 0) is 97.2 Å². The van der Waals surface area contributed by atoms with Crippen molar-refractivity contribution in [2.24, 2.45) is 0 Å². The minimum atomic E-state index is -0.168. The highest BCUT2D eigenvalue weighted by Gasteiger charge is 2.30. The Kier molecular flexibility index (Phi) is 10.1. The smallest absolute Gasteiger partial charge is 0.276 e. The van der Waals surface area contributed by atoms with Crippen LogP contribution in [0, 0.1) is 0 Å². The van der Waals surface area contributed by atoms with Crippen LogP contribution in [-0.4, -0.2) is 42.8 Å². The van der Waals surface area contributed by atoms with Crippen molar-refractivity contribution in [2.45, 2.75) is 26.9 Å². The maximum absolute atomic E-state index is 13.3. The quantitative estimate of drug-likeness (QED) is 0.129. The summed E-state index contributed by atoms with van der Waals surface area (Å²) in [4.78, 5) is 14.9. The second-order valence-electron chi connectivity index (χ2n) is 10.1. The van der Waals surface area contributed by atoms with Crippen LogP contribution >= 0.6 is 12.2 Å². The zero-order valence-corrected chi connectivity index (χ0v) is 26.0. The van der Waals surface area contributed by atoms with E-state index in [0.29, 0.717) is 60.8 Å². The van der Waals surface area contributed by atoms with Crippen LogP contribution in [0.3, 0.4) is 0 Å². The highest BCUT2D eigenvalue weighted by Crippen LogP contribution is 2.30. The molecular weight excluding hydrogens is 572 g/mol. The van der Waals surface area contributed by atoms with Gasteiger partial charge in [-0.1, -0.05) is 54.6 Å². The summed E-state index contributed by atoms with van der Waals surface area (Å²) in [5, 5.41) is 3.47. The summed E-state index contributed by atoms with van der Waals surface area (Å²) >= 11 is 5.52. The Hall–Kier alpha value is -4.82. The van der Waals surface area contributed by atoms with Crippen molar-refractivity contribution < 1.29 is 23.7 Å². The molecule has 0 aromatic heterocycles. The summed E-state index contributed by atoms with van der Waals surface area (Å²) in [6.07, 6.45) is 2.42. The number of nitrogens with one attached hydrogen (secondary N) is 1. The Bertz CT molecular complexity index is 1640. The van der Waals surface area contributed by atoms with Gasteiger partial charge in [0.05, 0.1) is 20.3 Å². The van der Waals surface area contributed by atoms with Gasteiger partial charge in [-0.25, -0.2) is 0 Å². The Morgan fingerprint density at radius 2 is 1.50 bits per heavy atom. The van der Waals surface area contributed by atoms with Crippen LogP contribution in [-0.2, 0) is 17.8 Å². The minimum absolute atomic E-state index is 0.168. The molecule has 0 saturated carbocycles. The molecule has 0 atom stereocenters. The van der Waals surface area contributed by atoms with Crippen LogP contribution < -0.4 is 24.3 Å². The summed E-state index contributed by atoms with van der Waals surface area (Å²) in [5.41, 5.74) is 5.42. The second kappa shape index (κ2) is 14.6. The molecule has 0 bridgehead atoms. The van der Waals surface area contributed by atoms with Gasteiger partial charge in [0.1, 0.15) is 23.8 Å². The summed E-state index contributed by atoms with van der Waals surface area (Å²) in [6, 6.07) is 29.8. The topological polar surface area (TPSA) is 69.3 Å². The molecule has 0 spiro atoms. The summed E-state index contributed by atoms with van der Waals surface area (Å²) in [6.45, 7) is 5.72. The predicted octanol–water partition coefficient (Wildman–Crippen LogP) is 7.04. The van der Waals surface area contributed by atoms with Gasteiger partial charge in [0.15, 0.2) is 16.6 Å². The number of benzene rings is 4. The maximum Gasteiger partial charge on any atom is 0.276 e. The highest BCUT2D eigenvalue weighted by molar-refractivity contribution is 7.80. The lowest BCUT2D eigenvalue weighted by Crippen LogP contribution is -2.32. The van der Waals surface area contributed by atoms with E-state index < -0.39 is 0 Å². The molecule has 1 amide bonds. The molecule has 44 heavy (non-hydrogen) atoms. The van der Waals surface area contributed by atoms with Crippen LogP contribution in [0.2, 0.25) is 0 Å². The van der Waals surface area contributed by atoms with E-state index in [-0.39, 0.29) is 5.91 Å². The molecule has 1 aliphatic heterocycles. The van der Waals surface area contributed by atoms with Gasteiger partial charge >= 0.3 is 0 Å². The lowest BCUT2D eigenvalue weighted by atomic mass is 10.1. The van der Waals surface area contributed by atoms with Crippen LogP contribution in [0.1, 0.15) is 30.5 Å². The number of hydrogen-bond acceptors (Lipinski definition) is 6. The fourth-order valence-corrected chi connectivity index (χ4v) is 5.25. The average Bonchev–Trinajstić information content (AvgIpc) is 3.32. The van der Waals surface area contributed by atoms with E-state index >= 15 is 0 Å². The van der Waals surface area contributed by atoms with Crippen molar-refractivity contribution in [2.75, 3.05) is 26.9 Å². The first-order valence-corrected chi connectivity index (χ1v) is 15.1. The summed E-state index contributed by atoms with van der Waals surface area (Å²) in [7, 11) is 1.63. The number of rotatable bonds is 13. The van der Waals surface area contributed by atoms with E-state index in [2.05, 4.69) is 17.4 Å². The third-order valence-electron chi connectivity index (χ3n) is 7.17. The molecule has 5 rings (SSSR count). The number of methoxy groups -OCH3 is 1. The molecule has 1 heterocycles. The third kappa shape index (κ3) is 7.38. The Labute approximate surface area is 264 Å². The molecule has 0 unspecified atom stereocenters. The van der Waals surface area contributed by atoms with Gasteiger partial charge in [0.25, 0.3) is 5.91 Å². The number of carbonyl (C=O) groups excluding carboxylic acids is 1. The Balaban J connectivity index is 1.24. The molecule has 0 radical (unpaired) electrons. The first-order chi connectivity index (χ1) is 21.5. The molecule has 1 saturated heterocycles. The normalized spacial score (nSPS) is 13.6. The molecular formula is C36H36N2O5S. The zero-order valence-electron chi connectivity index (χ0n) is 25.2. The number of carbonyl (C=O) groups is 1. The largest absolute Gasteiger partial charge is 0.496 e. The van der Waals surface area contributed by atoms with Crippen molar-refractivity contribution >= 4 is 29.3 Å². The summed E-state index contributed by atoms with van der Waals surface area (Å²) < 4.78 is 23.1. The van der Waals surface area contributed by atoms with Crippen LogP contribution in [0.5, 0.6) is 23.0 Å². The molecule has 4 aromatic carbocycles. The molecule has 0 aliphatic carbocycles. The fraction of sp³-hybridized carbons (Fsp3) is 0.222. The van der Waals surface area contributed by atoms with Crippen LogP contribution in [0.15, 0.2) is 96.7 Å². The van der Waals surface area contributed by atoms with Crippen molar-refractivity contribution in [3.8, 4) is 34.1 Å². The molecule has 1 N–H and O–H groups in total. The number of amides is 1.